The molecule has 0 aliphatic carbocycles. The fraction of sp³-hybridized carbons (Fsp3) is 0.231. The van der Waals surface area contributed by atoms with E-state index in [0.717, 1.165) is 0 Å². The number of carbonyl (C=O) groups excluding carboxylic acids is 2. The van der Waals surface area contributed by atoms with Crippen molar-refractivity contribution in [2.45, 2.75) is 12.5 Å². The largest absolute Gasteiger partial charge is 0.502 e. The van der Waals surface area contributed by atoms with E-state index in [1.165, 1.54) is 11.8 Å². The molecule has 1 atom stereocenters. The fourth-order valence-electron chi connectivity index (χ4n) is 2.57. The van der Waals surface area contributed by atoms with Crippen LogP contribution in [-0.2, 0) is 19.9 Å². The monoisotopic (exact) mass is 245 g/mol. The number of aliphatic hydroxyl groups is 1. The number of amides is 1. The van der Waals surface area contributed by atoms with Gasteiger partial charge in [-0.3, -0.25) is 4.79 Å². The summed E-state index contributed by atoms with van der Waals surface area (Å²) in [6, 6.07) is 7.07. The Morgan fingerprint density at radius 1 is 1.28 bits per heavy atom. The molecule has 1 unspecified atom stereocenters. The average molecular weight is 245 g/mol. The fourth-order valence-corrected chi connectivity index (χ4v) is 2.57. The molecule has 0 saturated heterocycles. The maximum Gasteiger partial charge on any atom is 0.375 e. The number of likely N-dealkylation sites (N-methyl/N-ethyl adjacent to an activating group) is 1. The molecule has 92 valence electrons. The predicted molar refractivity (Wildman–Crippen MR) is 63.0 cm³/mol. The van der Waals surface area contributed by atoms with Crippen molar-refractivity contribution in [2.24, 2.45) is 0 Å². The Bertz CT molecular complexity index is 619. The third kappa shape index (κ3) is 0.971. The van der Waals surface area contributed by atoms with E-state index in [0.29, 0.717) is 11.3 Å². The standard InChI is InChI=1S/C13H11NO4/c1-7-10(15)11(16)18-13(7)8-5-3-4-6-9(8)14(2)12(13)17/h3-6,15H,1-2H3. The summed E-state index contributed by atoms with van der Waals surface area (Å²) in [6.07, 6.45) is 0. The highest BCUT2D eigenvalue weighted by atomic mass is 16.6. The van der Waals surface area contributed by atoms with Crippen molar-refractivity contribution in [1.29, 1.82) is 0 Å². The van der Waals surface area contributed by atoms with Gasteiger partial charge in [-0.25, -0.2) is 4.79 Å². The maximum absolute atomic E-state index is 12.4. The van der Waals surface area contributed by atoms with Gasteiger partial charge in [0.25, 0.3) is 5.91 Å². The minimum absolute atomic E-state index is 0.245. The van der Waals surface area contributed by atoms with Crippen LogP contribution in [0.5, 0.6) is 0 Å². The summed E-state index contributed by atoms with van der Waals surface area (Å²) in [5.41, 5.74) is 0.0398. The van der Waals surface area contributed by atoms with E-state index in [4.69, 9.17) is 4.74 Å². The topological polar surface area (TPSA) is 66.8 Å². The molecule has 0 saturated carbocycles. The van der Waals surface area contributed by atoms with Gasteiger partial charge in [-0.05, 0) is 13.0 Å². The van der Waals surface area contributed by atoms with Crippen LogP contribution in [0.15, 0.2) is 35.6 Å². The van der Waals surface area contributed by atoms with Crippen LogP contribution in [-0.4, -0.2) is 24.0 Å². The lowest BCUT2D eigenvalue weighted by Crippen LogP contribution is -2.40. The molecule has 0 radical (unpaired) electrons. The summed E-state index contributed by atoms with van der Waals surface area (Å²) >= 11 is 0. The third-order valence-electron chi connectivity index (χ3n) is 3.57. The summed E-state index contributed by atoms with van der Waals surface area (Å²) in [7, 11) is 1.62. The predicted octanol–water partition coefficient (Wildman–Crippen LogP) is 1.25. The van der Waals surface area contributed by atoms with Gasteiger partial charge in [0.05, 0.1) is 5.69 Å². The van der Waals surface area contributed by atoms with Crippen molar-refractivity contribution >= 4 is 17.6 Å². The van der Waals surface area contributed by atoms with Gasteiger partial charge < -0.3 is 14.7 Å². The minimum Gasteiger partial charge on any atom is -0.502 e. The number of rotatable bonds is 0. The number of hydrogen-bond acceptors (Lipinski definition) is 4. The van der Waals surface area contributed by atoms with Crippen LogP contribution in [0.25, 0.3) is 0 Å². The van der Waals surface area contributed by atoms with Crippen molar-refractivity contribution in [1.82, 2.24) is 0 Å². The zero-order chi connectivity index (χ0) is 13.1. The molecule has 1 spiro atoms. The summed E-state index contributed by atoms with van der Waals surface area (Å²) in [5, 5.41) is 9.66. The average Bonchev–Trinajstić information content (AvgIpc) is 2.73. The molecule has 18 heavy (non-hydrogen) atoms. The normalized spacial score (nSPS) is 26.0. The van der Waals surface area contributed by atoms with Gasteiger partial charge in [-0.15, -0.1) is 0 Å². The number of aliphatic hydroxyl groups excluding tert-OH is 1. The lowest BCUT2D eigenvalue weighted by atomic mass is 9.88. The Morgan fingerprint density at radius 3 is 2.56 bits per heavy atom. The Morgan fingerprint density at radius 2 is 1.94 bits per heavy atom. The van der Waals surface area contributed by atoms with Crippen molar-refractivity contribution < 1.29 is 19.4 Å². The van der Waals surface area contributed by atoms with E-state index in [2.05, 4.69) is 0 Å². The number of ether oxygens (including phenoxy) is 1. The van der Waals surface area contributed by atoms with E-state index in [1.54, 1.807) is 31.3 Å². The maximum atomic E-state index is 12.4. The lowest BCUT2D eigenvalue weighted by Gasteiger charge is -2.22. The van der Waals surface area contributed by atoms with Gasteiger partial charge >= 0.3 is 5.97 Å². The molecule has 5 nitrogen and oxygen atoms in total. The molecule has 5 heteroatoms. The number of hydrogen-bond donors (Lipinski definition) is 1. The molecule has 1 N–H and O–H groups in total. The molecule has 2 aliphatic rings. The third-order valence-corrected chi connectivity index (χ3v) is 3.57. The second-order valence-corrected chi connectivity index (χ2v) is 4.43. The molecular formula is C13H11NO4. The Labute approximate surface area is 103 Å². The van der Waals surface area contributed by atoms with Crippen LogP contribution < -0.4 is 4.90 Å². The van der Waals surface area contributed by atoms with Gasteiger partial charge in [-0.1, -0.05) is 18.2 Å². The number of fused-ring (bicyclic) bond motifs is 2. The van der Waals surface area contributed by atoms with Crippen molar-refractivity contribution in [2.75, 3.05) is 11.9 Å². The minimum atomic E-state index is -1.48. The van der Waals surface area contributed by atoms with Crippen LogP contribution in [0.4, 0.5) is 5.69 Å². The van der Waals surface area contributed by atoms with Gasteiger partial charge in [-0.2, -0.15) is 0 Å². The summed E-state index contributed by atoms with van der Waals surface area (Å²) in [6.45, 7) is 1.54. The highest BCUT2D eigenvalue weighted by Gasteiger charge is 2.59. The van der Waals surface area contributed by atoms with Crippen molar-refractivity contribution in [3.8, 4) is 0 Å². The molecule has 0 aromatic heterocycles. The highest BCUT2D eigenvalue weighted by Crippen LogP contribution is 2.50. The zero-order valence-corrected chi connectivity index (χ0v) is 9.93. The molecule has 0 bridgehead atoms. The first kappa shape index (κ1) is 10.8. The van der Waals surface area contributed by atoms with Crippen LogP contribution in [0, 0.1) is 0 Å². The van der Waals surface area contributed by atoms with Gasteiger partial charge in [0.1, 0.15) is 0 Å². The molecule has 1 aromatic carbocycles. The van der Waals surface area contributed by atoms with E-state index in [-0.39, 0.29) is 11.5 Å². The van der Waals surface area contributed by atoms with Crippen molar-refractivity contribution in [3.05, 3.63) is 41.2 Å². The SMILES string of the molecule is CC1=C(O)C(=O)OC12C(=O)N(C)c1ccccc12. The van der Waals surface area contributed by atoms with Gasteiger partial charge in [0.15, 0.2) is 0 Å². The lowest BCUT2D eigenvalue weighted by molar-refractivity contribution is -0.156. The number of nitrogens with zero attached hydrogens (tertiary/aromatic N) is 1. The van der Waals surface area contributed by atoms with Gasteiger partial charge in [0.2, 0.25) is 11.4 Å². The molecule has 3 rings (SSSR count). The number of benzene rings is 1. The second-order valence-electron chi connectivity index (χ2n) is 4.43. The van der Waals surface area contributed by atoms with E-state index >= 15 is 0 Å². The van der Waals surface area contributed by atoms with Crippen LogP contribution in [0.2, 0.25) is 0 Å². The first-order valence-corrected chi connectivity index (χ1v) is 5.51. The highest BCUT2D eigenvalue weighted by molar-refractivity contribution is 6.12. The molecule has 1 aromatic rings. The van der Waals surface area contributed by atoms with Crippen molar-refractivity contribution in [3.63, 3.8) is 0 Å². The number of anilines is 1. The first-order valence-electron chi connectivity index (χ1n) is 5.51. The quantitative estimate of drug-likeness (QED) is 0.698. The number of carbonyl (C=O) groups is 2. The molecule has 2 aliphatic heterocycles. The van der Waals surface area contributed by atoms with E-state index < -0.39 is 17.3 Å². The Kier molecular flexibility index (Phi) is 1.88. The van der Waals surface area contributed by atoms with Crippen LogP contribution in [0.1, 0.15) is 12.5 Å². The zero-order valence-electron chi connectivity index (χ0n) is 9.93. The number of esters is 1. The van der Waals surface area contributed by atoms with E-state index in [1.807, 2.05) is 0 Å². The first-order chi connectivity index (χ1) is 8.50. The van der Waals surface area contributed by atoms with Crippen LogP contribution >= 0.6 is 0 Å². The molecule has 1 amide bonds. The summed E-state index contributed by atoms with van der Waals surface area (Å²) in [5.74, 6) is -1.70. The van der Waals surface area contributed by atoms with E-state index in [9.17, 15) is 14.7 Å². The molecule has 0 fully saturated rings. The smallest absolute Gasteiger partial charge is 0.375 e. The summed E-state index contributed by atoms with van der Waals surface area (Å²) < 4.78 is 5.19. The van der Waals surface area contributed by atoms with Gasteiger partial charge in [0, 0.05) is 18.2 Å². The number of para-hydroxylation sites is 1. The van der Waals surface area contributed by atoms with Crippen LogP contribution in [0.3, 0.4) is 0 Å². The summed E-state index contributed by atoms with van der Waals surface area (Å²) in [4.78, 5) is 25.3. The Hall–Kier alpha value is -2.30. The molecular weight excluding hydrogens is 234 g/mol. The second kappa shape index (κ2) is 3.13. The molecule has 2 heterocycles. The Balaban J connectivity index is 2.33.